The average Bonchev–Trinajstić information content (AvgIpc) is 2.62. The van der Waals surface area contributed by atoms with Crippen molar-refractivity contribution in [2.45, 2.75) is 12.5 Å². The Bertz CT molecular complexity index is 490. The number of nitrogens with two attached hydrogens (primary N) is 1. The number of fused-ring (bicyclic) bond motifs is 1. The second kappa shape index (κ2) is 3.74. The van der Waals surface area contributed by atoms with E-state index < -0.39 is 12.0 Å². The van der Waals surface area contributed by atoms with Crippen LogP contribution in [0.25, 0.3) is 10.9 Å². The maximum absolute atomic E-state index is 10.5. The van der Waals surface area contributed by atoms with Crippen LogP contribution in [0.2, 0.25) is 0 Å². The number of benzene rings is 1. The van der Waals surface area contributed by atoms with E-state index in [4.69, 9.17) is 5.73 Å². The molecule has 0 radical (unpaired) electrons. The third-order valence-corrected chi connectivity index (χ3v) is 2.42. The van der Waals surface area contributed by atoms with Crippen LogP contribution in [0.1, 0.15) is 5.56 Å². The second-order valence-corrected chi connectivity index (χ2v) is 3.49. The highest BCUT2D eigenvalue weighted by Gasteiger charge is 2.08. The van der Waals surface area contributed by atoms with E-state index in [1.54, 1.807) is 6.20 Å². The Hall–Kier alpha value is -1.81. The first-order chi connectivity index (χ1) is 7.18. The summed E-state index contributed by atoms with van der Waals surface area (Å²) in [6.45, 7) is 0. The third kappa shape index (κ3) is 1.85. The minimum atomic E-state index is -1.22. The number of carboxylic acids is 1. The van der Waals surface area contributed by atoms with Crippen LogP contribution >= 0.6 is 0 Å². The van der Waals surface area contributed by atoms with E-state index in [1.807, 2.05) is 24.3 Å². The zero-order valence-electron chi connectivity index (χ0n) is 8.07. The fraction of sp³-hybridized carbons (Fsp3) is 0.182. The van der Waals surface area contributed by atoms with Crippen molar-refractivity contribution in [2.24, 2.45) is 5.73 Å². The number of aromatic nitrogens is 1. The van der Waals surface area contributed by atoms with Crippen LogP contribution < -0.4 is 10.8 Å². The molecule has 0 aliphatic carbocycles. The monoisotopic (exact) mass is 203 g/mol. The minimum absolute atomic E-state index is 0.284. The van der Waals surface area contributed by atoms with Crippen LogP contribution in [0.3, 0.4) is 0 Å². The van der Waals surface area contributed by atoms with Crippen molar-refractivity contribution in [3.8, 4) is 0 Å². The van der Waals surface area contributed by atoms with Gasteiger partial charge in [-0.05, 0) is 18.1 Å². The van der Waals surface area contributed by atoms with Crippen LogP contribution in [0.15, 0.2) is 30.5 Å². The van der Waals surface area contributed by atoms with Gasteiger partial charge in [0, 0.05) is 23.1 Å². The highest BCUT2D eigenvalue weighted by Crippen LogP contribution is 2.18. The summed E-state index contributed by atoms with van der Waals surface area (Å²) in [5.74, 6) is -1.22. The number of H-pyrrole nitrogens is 1. The predicted octanol–water partition coefficient (Wildman–Crippen LogP) is -0.212. The molecule has 4 heteroatoms. The van der Waals surface area contributed by atoms with E-state index >= 15 is 0 Å². The highest BCUT2D eigenvalue weighted by atomic mass is 16.4. The number of para-hydroxylation sites is 1. The van der Waals surface area contributed by atoms with Gasteiger partial charge in [-0.25, -0.2) is 0 Å². The largest absolute Gasteiger partial charge is 0.548 e. The molecule has 15 heavy (non-hydrogen) atoms. The van der Waals surface area contributed by atoms with Crippen LogP contribution in [0.5, 0.6) is 0 Å². The molecule has 3 N–H and O–H groups in total. The smallest absolute Gasteiger partial charge is 0.0585 e. The number of hydrogen-bond acceptors (Lipinski definition) is 3. The molecule has 0 aliphatic heterocycles. The Kier molecular flexibility index (Phi) is 2.43. The summed E-state index contributed by atoms with van der Waals surface area (Å²) in [5.41, 5.74) is 7.31. The molecule has 2 aromatic rings. The van der Waals surface area contributed by atoms with Crippen LogP contribution in [-0.2, 0) is 11.2 Å². The molecule has 1 aromatic heterocycles. The number of carbonyl (C=O) groups is 1. The lowest BCUT2D eigenvalue weighted by Gasteiger charge is -2.11. The van der Waals surface area contributed by atoms with Crippen molar-refractivity contribution in [3.05, 3.63) is 36.0 Å². The first-order valence-electron chi connectivity index (χ1n) is 4.70. The molecule has 0 saturated carbocycles. The number of aromatic amines is 1. The van der Waals surface area contributed by atoms with Crippen LogP contribution in [-0.4, -0.2) is 17.0 Å². The van der Waals surface area contributed by atoms with Crippen molar-refractivity contribution >= 4 is 16.9 Å². The summed E-state index contributed by atoms with van der Waals surface area (Å²) in [7, 11) is 0. The molecule has 0 unspecified atom stereocenters. The SMILES string of the molecule is N[C@H](Cc1c[nH]c2ccccc12)C(=O)[O-]. The van der Waals surface area contributed by atoms with E-state index in [0.29, 0.717) is 0 Å². The molecule has 0 fully saturated rings. The number of rotatable bonds is 3. The van der Waals surface area contributed by atoms with Gasteiger partial charge >= 0.3 is 0 Å². The molecule has 1 atom stereocenters. The summed E-state index contributed by atoms with van der Waals surface area (Å²) in [6, 6.07) is 6.74. The van der Waals surface area contributed by atoms with Gasteiger partial charge in [-0.2, -0.15) is 0 Å². The molecule has 1 heterocycles. The van der Waals surface area contributed by atoms with E-state index in [0.717, 1.165) is 16.5 Å². The van der Waals surface area contributed by atoms with Gasteiger partial charge < -0.3 is 20.6 Å². The zero-order chi connectivity index (χ0) is 10.8. The van der Waals surface area contributed by atoms with Gasteiger partial charge in [-0.15, -0.1) is 0 Å². The molecule has 0 saturated heterocycles. The van der Waals surface area contributed by atoms with Gasteiger partial charge in [0.1, 0.15) is 0 Å². The molecule has 78 valence electrons. The lowest BCUT2D eigenvalue weighted by atomic mass is 10.1. The average molecular weight is 203 g/mol. The van der Waals surface area contributed by atoms with Crippen LogP contribution in [0, 0.1) is 0 Å². The highest BCUT2D eigenvalue weighted by molar-refractivity contribution is 5.84. The lowest BCUT2D eigenvalue weighted by molar-refractivity contribution is -0.307. The number of hydrogen-bond donors (Lipinski definition) is 2. The Labute approximate surface area is 86.7 Å². The van der Waals surface area contributed by atoms with E-state index in [9.17, 15) is 9.90 Å². The Morgan fingerprint density at radius 3 is 2.93 bits per heavy atom. The Balaban J connectivity index is 2.32. The van der Waals surface area contributed by atoms with Gasteiger partial charge in [-0.1, -0.05) is 18.2 Å². The van der Waals surface area contributed by atoms with Crippen molar-refractivity contribution in [1.82, 2.24) is 4.98 Å². The maximum atomic E-state index is 10.5. The van der Waals surface area contributed by atoms with Crippen molar-refractivity contribution in [2.75, 3.05) is 0 Å². The van der Waals surface area contributed by atoms with Gasteiger partial charge in [0.15, 0.2) is 0 Å². The molecule has 0 bridgehead atoms. The molecule has 0 spiro atoms. The fourth-order valence-corrected chi connectivity index (χ4v) is 1.62. The van der Waals surface area contributed by atoms with Crippen LogP contribution in [0.4, 0.5) is 0 Å². The topological polar surface area (TPSA) is 81.9 Å². The number of carbonyl (C=O) groups excluding carboxylic acids is 1. The first kappa shape index (κ1) is 9.73. The minimum Gasteiger partial charge on any atom is -0.548 e. The summed E-state index contributed by atoms with van der Waals surface area (Å²) < 4.78 is 0. The normalized spacial score (nSPS) is 12.9. The third-order valence-electron chi connectivity index (χ3n) is 2.42. The molecular formula is C11H11N2O2-. The molecule has 4 nitrogen and oxygen atoms in total. The zero-order valence-corrected chi connectivity index (χ0v) is 8.07. The number of nitrogens with one attached hydrogen (secondary N) is 1. The molecule has 1 aromatic carbocycles. The summed E-state index contributed by atoms with van der Waals surface area (Å²) in [4.78, 5) is 13.6. The predicted molar refractivity (Wildman–Crippen MR) is 55.0 cm³/mol. The van der Waals surface area contributed by atoms with E-state index in [-0.39, 0.29) is 6.42 Å². The van der Waals surface area contributed by atoms with Gasteiger partial charge in [0.2, 0.25) is 0 Å². The standard InChI is InChI=1S/C11H12N2O2/c12-9(11(14)15)5-7-6-13-10-4-2-1-3-8(7)10/h1-4,6,9,13H,5,12H2,(H,14,15)/p-1/t9-/m1/s1. The molecule has 0 aliphatic rings. The molecular weight excluding hydrogens is 192 g/mol. The number of aliphatic carboxylic acids is 1. The Morgan fingerprint density at radius 2 is 2.20 bits per heavy atom. The van der Waals surface area contributed by atoms with Crippen molar-refractivity contribution < 1.29 is 9.90 Å². The second-order valence-electron chi connectivity index (χ2n) is 3.49. The van der Waals surface area contributed by atoms with E-state index in [1.165, 1.54) is 0 Å². The Morgan fingerprint density at radius 1 is 1.47 bits per heavy atom. The van der Waals surface area contributed by atoms with Gasteiger partial charge in [-0.3, -0.25) is 0 Å². The lowest BCUT2D eigenvalue weighted by Crippen LogP contribution is -2.43. The number of carboxylic acid groups (broad SMARTS) is 1. The quantitative estimate of drug-likeness (QED) is 0.724. The van der Waals surface area contributed by atoms with Gasteiger partial charge in [0.25, 0.3) is 0 Å². The summed E-state index contributed by atoms with van der Waals surface area (Å²) >= 11 is 0. The molecule has 0 amide bonds. The van der Waals surface area contributed by atoms with Crippen molar-refractivity contribution in [1.29, 1.82) is 0 Å². The van der Waals surface area contributed by atoms with E-state index in [2.05, 4.69) is 4.98 Å². The fourth-order valence-electron chi connectivity index (χ4n) is 1.62. The first-order valence-corrected chi connectivity index (χ1v) is 4.70. The summed E-state index contributed by atoms with van der Waals surface area (Å²) in [5, 5.41) is 11.5. The summed E-state index contributed by atoms with van der Waals surface area (Å²) in [6.07, 6.45) is 2.07. The van der Waals surface area contributed by atoms with Gasteiger partial charge in [0.05, 0.1) is 5.97 Å². The van der Waals surface area contributed by atoms with Crippen molar-refractivity contribution in [3.63, 3.8) is 0 Å². The maximum Gasteiger partial charge on any atom is 0.0585 e. The molecule has 2 rings (SSSR count).